The second-order valence-electron chi connectivity index (χ2n) is 4.29. The number of aromatic nitrogens is 2. The molecule has 0 radical (unpaired) electrons. The Morgan fingerprint density at radius 2 is 2.00 bits per heavy atom. The zero-order chi connectivity index (χ0) is 15.4. The summed E-state index contributed by atoms with van der Waals surface area (Å²) in [4.78, 5) is 24.0. The molecule has 1 heterocycles. The molecule has 1 unspecified atom stereocenters. The SMILES string of the molecule is Cc1nnc(NC(=O)C(C)NC(=O)c2ccccc2Cl)s1. The average Bonchev–Trinajstić information content (AvgIpc) is 2.84. The summed E-state index contributed by atoms with van der Waals surface area (Å²) in [6.45, 7) is 3.37. The number of hydrogen-bond donors (Lipinski definition) is 2. The number of nitrogens with zero attached hydrogens (tertiary/aromatic N) is 2. The highest BCUT2D eigenvalue weighted by Gasteiger charge is 2.19. The summed E-state index contributed by atoms with van der Waals surface area (Å²) in [7, 11) is 0. The van der Waals surface area contributed by atoms with E-state index in [1.807, 2.05) is 0 Å². The first kappa shape index (κ1) is 15.4. The highest BCUT2D eigenvalue weighted by atomic mass is 35.5. The van der Waals surface area contributed by atoms with Crippen molar-refractivity contribution in [3.05, 3.63) is 39.9 Å². The second kappa shape index (κ2) is 6.64. The minimum atomic E-state index is -0.724. The minimum Gasteiger partial charge on any atom is -0.340 e. The number of halogens is 1. The molecule has 8 heteroatoms. The van der Waals surface area contributed by atoms with Crippen molar-refractivity contribution in [1.29, 1.82) is 0 Å². The summed E-state index contributed by atoms with van der Waals surface area (Å²) in [6.07, 6.45) is 0. The Kier molecular flexibility index (Phi) is 4.87. The van der Waals surface area contributed by atoms with Crippen molar-refractivity contribution in [2.75, 3.05) is 5.32 Å². The van der Waals surface area contributed by atoms with E-state index in [0.717, 1.165) is 5.01 Å². The van der Waals surface area contributed by atoms with Crippen molar-refractivity contribution < 1.29 is 9.59 Å². The van der Waals surface area contributed by atoms with E-state index in [1.165, 1.54) is 11.3 Å². The predicted octanol–water partition coefficient (Wildman–Crippen LogP) is 2.26. The van der Waals surface area contributed by atoms with Gasteiger partial charge in [0.25, 0.3) is 5.91 Å². The first-order valence-corrected chi connectivity index (χ1v) is 7.33. The van der Waals surface area contributed by atoms with Crippen molar-refractivity contribution in [3.63, 3.8) is 0 Å². The van der Waals surface area contributed by atoms with Gasteiger partial charge in [0.1, 0.15) is 11.0 Å². The van der Waals surface area contributed by atoms with Crippen molar-refractivity contribution in [1.82, 2.24) is 15.5 Å². The highest BCUT2D eigenvalue weighted by molar-refractivity contribution is 7.15. The van der Waals surface area contributed by atoms with E-state index < -0.39 is 11.9 Å². The smallest absolute Gasteiger partial charge is 0.253 e. The average molecular weight is 325 g/mol. The first-order valence-electron chi connectivity index (χ1n) is 6.13. The van der Waals surface area contributed by atoms with Gasteiger partial charge in [-0.2, -0.15) is 0 Å². The van der Waals surface area contributed by atoms with E-state index in [0.29, 0.717) is 15.7 Å². The lowest BCUT2D eigenvalue weighted by atomic mass is 10.2. The molecule has 1 aromatic carbocycles. The molecule has 6 nitrogen and oxygen atoms in total. The van der Waals surface area contributed by atoms with Crippen LogP contribution >= 0.6 is 22.9 Å². The maximum atomic E-state index is 12.0. The number of carbonyl (C=O) groups excluding carboxylic acids is 2. The van der Waals surface area contributed by atoms with Crippen LogP contribution in [0, 0.1) is 6.92 Å². The normalized spacial score (nSPS) is 11.8. The molecule has 0 bridgehead atoms. The van der Waals surface area contributed by atoms with Gasteiger partial charge in [-0.15, -0.1) is 10.2 Å². The molecule has 0 fully saturated rings. The Bertz CT molecular complexity index is 674. The molecule has 0 aliphatic rings. The predicted molar refractivity (Wildman–Crippen MR) is 81.7 cm³/mol. The quantitative estimate of drug-likeness (QED) is 0.903. The maximum Gasteiger partial charge on any atom is 0.253 e. The third kappa shape index (κ3) is 3.99. The topological polar surface area (TPSA) is 84.0 Å². The van der Waals surface area contributed by atoms with Crippen LogP contribution in [-0.4, -0.2) is 28.1 Å². The lowest BCUT2D eigenvalue weighted by molar-refractivity contribution is -0.117. The molecule has 2 rings (SSSR count). The molecule has 21 heavy (non-hydrogen) atoms. The highest BCUT2D eigenvalue weighted by Crippen LogP contribution is 2.15. The zero-order valence-corrected chi connectivity index (χ0v) is 13.0. The van der Waals surface area contributed by atoms with Crippen LogP contribution in [0.25, 0.3) is 0 Å². The van der Waals surface area contributed by atoms with Crippen LogP contribution in [0.3, 0.4) is 0 Å². The van der Waals surface area contributed by atoms with E-state index in [-0.39, 0.29) is 5.91 Å². The Morgan fingerprint density at radius 3 is 2.62 bits per heavy atom. The Morgan fingerprint density at radius 1 is 1.29 bits per heavy atom. The molecule has 0 spiro atoms. The largest absolute Gasteiger partial charge is 0.340 e. The minimum absolute atomic E-state index is 0.325. The Hall–Kier alpha value is -1.99. The van der Waals surface area contributed by atoms with Crippen LogP contribution < -0.4 is 10.6 Å². The molecule has 0 aliphatic carbocycles. The molecular weight excluding hydrogens is 312 g/mol. The summed E-state index contributed by atoms with van der Waals surface area (Å²) < 4.78 is 0. The van der Waals surface area contributed by atoms with Gasteiger partial charge in [-0.3, -0.25) is 14.9 Å². The second-order valence-corrected chi connectivity index (χ2v) is 5.88. The lowest BCUT2D eigenvalue weighted by Crippen LogP contribution is -2.41. The van der Waals surface area contributed by atoms with Crippen LogP contribution in [-0.2, 0) is 4.79 Å². The van der Waals surface area contributed by atoms with Gasteiger partial charge in [0.2, 0.25) is 11.0 Å². The van der Waals surface area contributed by atoms with Crippen molar-refractivity contribution >= 4 is 39.9 Å². The van der Waals surface area contributed by atoms with Crippen molar-refractivity contribution in [2.45, 2.75) is 19.9 Å². The number of anilines is 1. The number of carbonyl (C=O) groups is 2. The Labute approximate surface area is 130 Å². The summed E-state index contributed by atoms with van der Waals surface area (Å²) in [5, 5.41) is 14.3. The maximum absolute atomic E-state index is 12.0. The van der Waals surface area contributed by atoms with Gasteiger partial charge in [-0.1, -0.05) is 35.1 Å². The summed E-state index contributed by atoms with van der Waals surface area (Å²) in [6, 6.07) is 5.92. The molecule has 1 atom stereocenters. The van der Waals surface area contributed by atoms with Crippen LogP contribution in [0.5, 0.6) is 0 Å². The summed E-state index contributed by atoms with van der Waals surface area (Å²) in [5.74, 6) is -0.775. The fraction of sp³-hybridized carbons (Fsp3) is 0.231. The van der Waals surface area contributed by atoms with Gasteiger partial charge >= 0.3 is 0 Å². The fourth-order valence-corrected chi connectivity index (χ4v) is 2.36. The molecule has 110 valence electrons. The van der Waals surface area contributed by atoms with E-state index in [4.69, 9.17) is 11.6 Å². The molecule has 0 aliphatic heterocycles. The third-order valence-electron chi connectivity index (χ3n) is 2.62. The van der Waals surface area contributed by atoms with Gasteiger partial charge < -0.3 is 5.32 Å². The van der Waals surface area contributed by atoms with Crippen LogP contribution in [0.1, 0.15) is 22.3 Å². The van der Waals surface area contributed by atoms with Crippen molar-refractivity contribution in [3.8, 4) is 0 Å². The molecule has 0 saturated carbocycles. The van der Waals surface area contributed by atoms with Gasteiger partial charge in [0.05, 0.1) is 10.6 Å². The lowest BCUT2D eigenvalue weighted by Gasteiger charge is -2.13. The Balaban J connectivity index is 1.97. The number of aryl methyl sites for hydroxylation is 1. The van der Waals surface area contributed by atoms with E-state index in [9.17, 15) is 9.59 Å². The fourth-order valence-electron chi connectivity index (χ4n) is 1.55. The molecule has 2 amide bonds. The van der Waals surface area contributed by atoms with Gasteiger partial charge in [0.15, 0.2) is 0 Å². The van der Waals surface area contributed by atoms with Gasteiger partial charge in [-0.25, -0.2) is 0 Å². The number of amides is 2. The number of nitrogens with one attached hydrogen (secondary N) is 2. The van der Waals surface area contributed by atoms with Gasteiger partial charge in [0, 0.05) is 0 Å². The molecule has 0 saturated heterocycles. The van der Waals surface area contributed by atoms with E-state index >= 15 is 0 Å². The molecule has 1 aromatic heterocycles. The standard InChI is InChI=1S/C13H13ClN4O2S/c1-7(11(19)16-13-18-17-8(2)21-13)15-12(20)9-5-3-4-6-10(9)14/h3-7H,1-2H3,(H,15,20)(H,16,18,19). The summed E-state index contributed by atoms with van der Waals surface area (Å²) >= 11 is 7.20. The monoisotopic (exact) mass is 324 g/mol. The number of rotatable bonds is 4. The third-order valence-corrected chi connectivity index (χ3v) is 3.70. The number of hydrogen-bond acceptors (Lipinski definition) is 5. The zero-order valence-electron chi connectivity index (χ0n) is 11.4. The van der Waals surface area contributed by atoms with Crippen LogP contribution in [0.2, 0.25) is 5.02 Å². The molecular formula is C13H13ClN4O2S. The molecule has 2 N–H and O–H groups in total. The number of benzene rings is 1. The van der Waals surface area contributed by atoms with Crippen LogP contribution in [0.4, 0.5) is 5.13 Å². The van der Waals surface area contributed by atoms with Crippen molar-refractivity contribution in [2.24, 2.45) is 0 Å². The van der Waals surface area contributed by atoms with Gasteiger partial charge in [-0.05, 0) is 26.0 Å². The molecule has 2 aromatic rings. The summed E-state index contributed by atoms with van der Waals surface area (Å²) in [5.41, 5.74) is 0.325. The van der Waals surface area contributed by atoms with Crippen LogP contribution in [0.15, 0.2) is 24.3 Å². The van der Waals surface area contributed by atoms with E-state index in [1.54, 1.807) is 38.1 Å². The van der Waals surface area contributed by atoms with E-state index in [2.05, 4.69) is 20.8 Å². The first-order chi connectivity index (χ1) is 9.97.